The van der Waals surface area contributed by atoms with Gasteiger partial charge in [-0.2, -0.15) is 0 Å². The third-order valence-corrected chi connectivity index (χ3v) is 9.37. The van der Waals surface area contributed by atoms with Crippen LogP contribution in [-0.2, 0) is 31.2 Å². The van der Waals surface area contributed by atoms with E-state index in [2.05, 4.69) is 5.16 Å². The van der Waals surface area contributed by atoms with Crippen molar-refractivity contribution in [2.75, 3.05) is 0 Å². The topological polar surface area (TPSA) is 101 Å². The van der Waals surface area contributed by atoms with E-state index in [4.69, 9.17) is 0 Å². The molecule has 0 unspecified atom stereocenters. The Morgan fingerprint density at radius 2 is 0.943 bits per heavy atom. The van der Waals surface area contributed by atoms with Crippen molar-refractivity contribution in [3.63, 3.8) is 0 Å². The molecule has 0 bridgehead atoms. The van der Waals surface area contributed by atoms with Crippen molar-refractivity contribution in [3.8, 4) is 11.1 Å². The Balaban J connectivity index is 1.51. The molecule has 0 spiro atoms. The first-order valence-electron chi connectivity index (χ1n) is 10.8. The quantitative estimate of drug-likeness (QED) is 0.264. The Hall–Kier alpha value is -3.75. The van der Waals surface area contributed by atoms with Gasteiger partial charge in [0.2, 0.25) is 0 Å². The van der Waals surface area contributed by atoms with Crippen LogP contribution in [0, 0.1) is 0 Å². The lowest BCUT2D eigenvalue weighted by Crippen LogP contribution is -2.08. The van der Waals surface area contributed by atoms with Crippen molar-refractivity contribution in [1.29, 1.82) is 0 Å². The van der Waals surface area contributed by atoms with Crippen LogP contribution in [0.25, 0.3) is 11.1 Å². The zero-order valence-electron chi connectivity index (χ0n) is 18.5. The molecule has 0 heterocycles. The highest BCUT2D eigenvalue weighted by Gasteiger charge is 2.30. The third kappa shape index (κ3) is 4.38. The second kappa shape index (κ2) is 8.79. The molecule has 0 saturated heterocycles. The lowest BCUT2D eigenvalue weighted by molar-refractivity contribution is 0.320. The summed E-state index contributed by atoms with van der Waals surface area (Å²) in [6.07, 6.45) is 0. The number of sulfone groups is 2. The fraction of sp³-hybridized carbons (Fsp3) is 0.0741. The van der Waals surface area contributed by atoms with Gasteiger partial charge in [-0.05, 0) is 46.5 Å². The van der Waals surface area contributed by atoms with Crippen LogP contribution >= 0.6 is 0 Å². The maximum Gasteiger partial charge on any atom is 0.182 e. The Kier molecular flexibility index (Phi) is 5.78. The average Bonchev–Trinajstić information content (AvgIpc) is 3.17. The molecule has 8 heteroatoms. The molecule has 0 radical (unpaired) electrons. The van der Waals surface area contributed by atoms with Crippen molar-refractivity contribution in [2.24, 2.45) is 5.16 Å². The summed E-state index contributed by atoms with van der Waals surface area (Å²) in [5.41, 5.74) is 3.71. The van der Waals surface area contributed by atoms with Crippen molar-refractivity contribution in [2.45, 2.75) is 21.3 Å². The van der Waals surface area contributed by atoms with Gasteiger partial charge >= 0.3 is 0 Å². The zero-order chi connectivity index (χ0) is 24.6. The van der Waals surface area contributed by atoms with Crippen molar-refractivity contribution in [3.05, 3.63) is 119 Å². The van der Waals surface area contributed by atoms with Crippen LogP contribution in [0.5, 0.6) is 0 Å². The summed E-state index contributed by atoms with van der Waals surface area (Å²) in [5, 5.41) is 13.2. The summed E-state index contributed by atoms with van der Waals surface area (Å²) in [7, 11) is -7.30. The highest BCUT2D eigenvalue weighted by atomic mass is 32.2. The zero-order valence-corrected chi connectivity index (χ0v) is 20.1. The van der Waals surface area contributed by atoms with Crippen molar-refractivity contribution in [1.82, 2.24) is 0 Å². The van der Waals surface area contributed by atoms with Gasteiger partial charge in [0.25, 0.3) is 0 Å². The molecule has 1 N–H and O–H groups in total. The normalized spacial score (nSPS) is 12.7. The smallest absolute Gasteiger partial charge is 0.182 e. The van der Waals surface area contributed by atoms with Gasteiger partial charge in [0.05, 0.1) is 21.3 Å². The molecular formula is C27H21NO5S2. The van der Waals surface area contributed by atoms with E-state index in [0.717, 1.165) is 0 Å². The number of nitrogens with zero attached hydrogens (tertiary/aromatic N) is 1. The molecule has 1 aliphatic carbocycles. The fourth-order valence-corrected chi connectivity index (χ4v) is 7.04. The van der Waals surface area contributed by atoms with Crippen LogP contribution in [0.15, 0.2) is 112 Å². The number of benzene rings is 4. The van der Waals surface area contributed by atoms with E-state index in [1.807, 2.05) is 12.1 Å². The fourth-order valence-electron chi connectivity index (χ4n) is 4.30. The Labute approximate surface area is 204 Å². The molecule has 0 atom stereocenters. The number of oxime groups is 1. The molecule has 0 aliphatic heterocycles. The Bertz CT molecular complexity index is 1540. The predicted molar refractivity (Wildman–Crippen MR) is 134 cm³/mol. The highest BCUT2D eigenvalue weighted by Crippen LogP contribution is 2.39. The van der Waals surface area contributed by atoms with Gasteiger partial charge < -0.3 is 5.21 Å². The second-order valence-electron chi connectivity index (χ2n) is 8.35. The summed E-state index contributed by atoms with van der Waals surface area (Å²) in [6.45, 7) is 0. The van der Waals surface area contributed by atoms with Crippen LogP contribution in [0.1, 0.15) is 22.3 Å². The summed E-state index contributed by atoms with van der Waals surface area (Å²) in [6, 6.07) is 27.1. The van der Waals surface area contributed by atoms with Gasteiger partial charge in [0, 0.05) is 11.1 Å². The first kappa shape index (κ1) is 23.0. The van der Waals surface area contributed by atoms with E-state index in [1.165, 1.54) is 24.3 Å². The van der Waals surface area contributed by atoms with Crippen molar-refractivity contribution >= 4 is 25.4 Å². The van der Waals surface area contributed by atoms with E-state index in [1.54, 1.807) is 60.7 Å². The number of rotatable bonds is 6. The average molecular weight is 504 g/mol. The van der Waals surface area contributed by atoms with E-state index < -0.39 is 19.7 Å². The van der Waals surface area contributed by atoms with Crippen LogP contribution in [0.2, 0.25) is 0 Å². The molecule has 0 amide bonds. The minimum Gasteiger partial charge on any atom is -0.410 e. The first-order chi connectivity index (χ1) is 16.8. The molecule has 176 valence electrons. The predicted octanol–water partition coefficient (Wildman–Crippen LogP) is 4.84. The molecule has 35 heavy (non-hydrogen) atoms. The molecule has 4 aromatic rings. The van der Waals surface area contributed by atoms with Crippen molar-refractivity contribution < 1.29 is 22.0 Å². The summed E-state index contributed by atoms with van der Waals surface area (Å²) in [5.74, 6) is -0.319. The van der Waals surface area contributed by atoms with E-state index in [-0.39, 0.29) is 27.0 Å². The molecule has 0 aromatic heterocycles. The van der Waals surface area contributed by atoms with Gasteiger partial charge in [0.1, 0.15) is 5.71 Å². The Morgan fingerprint density at radius 1 is 0.543 bits per heavy atom. The highest BCUT2D eigenvalue weighted by molar-refractivity contribution is 7.91. The molecule has 6 nitrogen and oxygen atoms in total. The minimum absolute atomic E-state index is 0.103. The lowest BCUT2D eigenvalue weighted by atomic mass is 10.1. The van der Waals surface area contributed by atoms with E-state index in [9.17, 15) is 22.0 Å². The molecule has 0 saturated carbocycles. The minimum atomic E-state index is -3.65. The monoisotopic (exact) mass is 503 g/mol. The molecule has 1 aliphatic rings. The first-order valence-corrected chi connectivity index (χ1v) is 14.1. The maximum absolute atomic E-state index is 13.0. The van der Waals surface area contributed by atoms with E-state index in [0.29, 0.717) is 33.4 Å². The summed E-state index contributed by atoms with van der Waals surface area (Å²) in [4.78, 5) is 0.206. The Morgan fingerprint density at radius 3 is 1.31 bits per heavy atom. The lowest BCUT2D eigenvalue weighted by Gasteiger charge is -2.08. The third-order valence-electron chi connectivity index (χ3n) is 6.00. The van der Waals surface area contributed by atoms with Gasteiger partial charge in [0.15, 0.2) is 19.7 Å². The van der Waals surface area contributed by atoms with Gasteiger partial charge in [-0.1, -0.05) is 78.0 Å². The van der Waals surface area contributed by atoms with Gasteiger partial charge in [-0.25, -0.2) is 16.8 Å². The summed E-state index contributed by atoms with van der Waals surface area (Å²) >= 11 is 0. The second-order valence-corrected chi connectivity index (χ2v) is 12.3. The molecular weight excluding hydrogens is 482 g/mol. The maximum atomic E-state index is 13.0. The SMILES string of the molecule is O=S(=O)(Cc1ccccc1)c1ccc2c(c1)C(=NO)c1cc(S(=O)(=O)Cc3ccccc3)ccc1-2. The van der Waals surface area contributed by atoms with Crippen LogP contribution in [0.4, 0.5) is 0 Å². The molecule has 4 aromatic carbocycles. The van der Waals surface area contributed by atoms with Gasteiger partial charge in [-0.3, -0.25) is 0 Å². The molecule has 5 rings (SSSR count). The van der Waals surface area contributed by atoms with Crippen LogP contribution < -0.4 is 0 Å². The molecule has 0 fully saturated rings. The number of fused-ring (bicyclic) bond motifs is 3. The van der Waals surface area contributed by atoms with Gasteiger partial charge in [-0.15, -0.1) is 0 Å². The van der Waals surface area contributed by atoms with Crippen LogP contribution in [-0.4, -0.2) is 27.8 Å². The van der Waals surface area contributed by atoms with Crippen LogP contribution in [0.3, 0.4) is 0 Å². The largest absolute Gasteiger partial charge is 0.410 e. The number of hydrogen-bond acceptors (Lipinski definition) is 6. The number of hydrogen-bond donors (Lipinski definition) is 1. The van der Waals surface area contributed by atoms with E-state index >= 15 is 0 Å². The standard InChI is InChI=1S/C27H21NO5S2/c29-28-27-25-15-21(34(30,31)17-19-7-3-1-4-8-19)11-13-23(25)24-14-12-22(16-26(24)27)35(32,33)18-20-9-5-2-6-10-20/h1-16,29H,17-18H2. The summed E-state index contributed by atoms with van der Waals surface area (Å²) < 4.78 is 52.2.